The summed E-state index contributed by atoms with van der Waals surface area (Å²) in [6, 6.07) is 2.47. The van der Waals surface area contributed by atoms with Gasteiger partial charge in [-0.3, -0.25) is 4.79 Å². The summed E-state index contributed by atoms with van der Waals surface area (Å²) in [5, 5.41) is 11.5. The van der Waals surface area contributed by atoms with E-state index in [1.807, 2.05) is 0 Å². The SMILES string of the molecule is CCC(=O)Nc1c(Cl)cc(C(=O)O)cc1Cl. The fourth-order valence-corrected chi connectivity index (χ4v) is 1.63. The van der Waals surface area contributed by atoms with Crippen molar-refractivity contribution in [3.63, 3.8) is 0 Å². The molecule has 0 atom stereocenters. The smallest absolute Gasteiger partial charge is 0.335 e. The van der Waals surface area contributed by atoms with E-state index in [1.165, 1.54) is 12.1 Å². The highest BCUT2D eigenvalue weighted by atomic mass is 35.5. The van der Waals surface area contributed by atoms with Gasteiger partial charge in [0, 0.05) is 6.42 Å². The second kappa shape index (κ2) is 5.18. The highest BCUT2D eigenvalue weighted by molar-refractivity contribution is 6.40. The van der Waals surface area contributed by atoms with Crippen LogP contribution in [0.1, 0.15) is 23.7 Å². The minimum Gasteiger partial charge on any atom is -0.478 e. The quantitative estimate of drug-likeness (QED) is 0.879. The Hall–Kier alpha value is -1.26. The van der Waals surface area contributed by atoms with Gasteiger partial charge in [-0.05, 0) is 12.1 Å². The Labute approximate surface area is 102 Å². The number of hydrogen-bond donors (Lipinski definition) is 2. The van der Waals surface area contributed by atoms with Gasteiger partial charge >= 0.3 is 5.97 Å². The van der Waals surface area contributed by atoms with Crippen LogP contribution < -0.4 is 5.32 Å². The Balaban J connectivity index is 3.12. The molecule has 1 amide bonds. The number of amides is 1. The van der Waals surface area contributed by atoms with Crippen LogP contribution in [0, 0.1) is 0 Å². The summed E-state index contributed by atoms with van der Waals surface area (Å²) in [6.07, 6.45) is 0.285. The average molecular weight is 262 g/mol. The largest absolute Gasteiger partial charge is 0.478 e. The lowest BCUT2D eigenvalue weighted by Gasteiger charge is -2.09. The first kappa shape index (κ1) is 12.8. The van der Waals surface area contributed by atoms with Crippen LogP contribution in [0.3, 0.4) is 0 Å². The number of carbonyl (C=O) groups is 2. The monoisotopic (exact) mass is 261 g/mol. The van der Waals surface area contributed by atoms with E-state index in [1.54, 1.807) is 6.92 Å². The molecule has 0 unspecified atom stereocenters. The summed E-state index contributed by atoms with van der Waals surface area (Å²) in [7, 11) is 0. The molecule has 2 N–H and O–H groups in total. The lowest BCUT2D eigenvalue weighted by atomic mass is 10.2. The molecule has 0 aliphatic heterocycles. The van der Waals surface area contributed by atoms with Crippen LogP contribution in [-0.4, -0.2) is 17.0 Å². The minimum absolute atomic E-state index is 0.0236. The van der Waals surface area contributed by atoms with Gasteiger partial charge in [-0.15, -0.1) is 0 Å². The number of rotatable bonds is 3. The topological polar surface area (TPSA) is 66.4 Å². The van der Waals surface area contributed by atoms with E-state index in [2.05, 4.69) is 5.32 Å². The van der Waals surface area contributed by atoms with Crippen LogP contribution in [0.2, 0.25) is 10.0 Å². The predicted octanol–water partition coefficient (Wildman–Crippen LogP) is 3.04. The molecule has 1 aromatic carbocycles. The van der Waals surface area contributed by atoms with Crippen LogP contribution in [-0.2, 0) is 4.79 Å². The Morgan fingerprint density at radius 2 is 1.81 bits per heavy atom. The minimum atomic E-state index is -1.13. The summed E-state index contributed by atoms with van der Waals surface area (Å²) in [4.78, 5) is 21.9. The molecule has 4 nitrogen and oxygen atoms in total. The second-order valence-electron chi connectivity index (χ2n) is 3.02. The third kappa shape index (κ3) is 2.87. The number of anilines is 1. The Bertz CT molecular complexity index is 423. The summed E-state index contributed by atoms with van der Waals surface area (Å²) < 4.78 is 0. The predicted molar refractivity (Wildman–Crippen MR) is 62.3 cm³/mol. The van der Waals surface area contributed by atoms with Gasteiger partial charge in [-0.1, -0.05) is 30.1 Å². The van der Waals surface area contributed by atoms with Crippen LogP contribution in [0.25, 0.3) is 0 Å². The molecule has 0 aromatic heterocycles. The average Bonchev–Trinajstić information content (AvgIpc) is 2.22. The molecule has 0 saturated carbocycles. The maximum atomic E-state index is 11.2. The van der Waals surface area contributed by atoms with Crippen molar-refractivity contribution in [3.8, 4) is 0 Å². The second-order valence-corrected chi connectivity index (χ2v) is 3.84. The van der Waals surface area contributed by atoms with Gasteiger partial charge in [-0.25, -0.2) is 4.79 Å². The number of carbonyl (C=O) groups excluding carboxylic acids is 1. The lowest BCUT2D eigenvalue weighted by molar-refractivity contribution is -0.115. The highest BCUT2D eigenvalue weighted by Gasteiger charge is 2.13. The Kier molecular flexibility index (Phi) is 4.15. The van der Waals surface area contributed by atoms with E-state index in [0.717, 1.165) is 0 Å². The van der Waals surface area contributed by atoms with Gasteiger partial charge in [0.1, 0.15) is 0 Å². The molecule has 0 bridgehead atoms. The lowest BCUT2D eigenvalue weighted by Crippen LogP contribution is -2.11. The molecule has 0 radical (unpaired) electrons. The van der Waals surface area contributed by atoms with E-state index in [0.29, 0.717) is 0 Å². The van der Waals surface area contributed by atoms with Crippen LogP contribution >= 0.6 is 23.2 Å². The van der Waals surface area contributed by atoms with Gasteiger partial charge in [0.15, 0.2) is 0 Å². The van der Waals surface area contributed by atoms with Crippen LogP contribution in [0.15, 0.2) is 12.1 Å². The molecule has 0 heterocycles. The van der Waals surface area contributed by atoms with E-state index >= 15 is 0 Å². The van der Waals surface area contributed by atoms with E-state index in [-0.39, 0.29) is 33.6 Å². The molecule has 1 rings (SSSR count). The van der Waals surface area contributed by atoms with Crippen molar-refractivity contribution < 1.29 is 14.7 Å². The third-order valence-electron chi connectivity index (χ3n) is 1.87. The number of carboxylic acids is 1. The van der Waals surface area contributed by atoms with Gasteiger partial charge in [0.25, 0.3) is 0 Å². The third-order valence-corrected chi connectivity index (χ3v) is 2.47. The summed E-state index contributed by atoms with van der Waals surface area (Å²) in [5.74, 6) is -1.37. The maximum absolute atomic E-state index is 11.2. The van der Waals surface area contributed by atoms with Crippen molar-refractivity contribution >= 4 is 40.8 Å². The zero-order valence-electron chi connectivity index (χ0n) is 8.38. The van der Waals surface area contributed by atoms with Gasteiger partial charge in [0.2, 0.25) is 5.91 Å². The molecule has 86 valence electrons. The number of benzene rings is 1. The molecule has 6 heteroatoms. The van der Waals surface area contributed by atoms with Gasteiger partial charge < -0.3 is 10.4 Å². The molecule has 1 aromatic rings. The summed E-state index contributed by atoms with van der Waals surface area (Å²) >= 11 is 11.6. The first-order valence-corrected chi connectivity index (χ1v) is 5.23. The molecular formula is C10H9Cl2NO3. The van der Waals surface area contributed by atoms with Crippen molar-refractivity contribution in [2.45, 2.75) is 13.3 Å². The zero-order valence-corrected chi connectivity index (χ0v) is 9.89. The number of aromatic carboxylic acids is 1. The van der Waals surface area contributed by atoms with Crippen LogP contribution in [0.4, 0.5) is 5.69 Å². The van der Waals surface area contributed by atoms with Gasteiger partial charge in [-0.2, -0.15) is 0 Å². The fraction of sp³-hybridized carbons (Fsp3) is 0.200. The number of carboxylic acid groups (broad SMARTS) is 1. The zero-order chi connectivity index (χ0) is 12.3. The van der Waals surface area contributed by atoms with Gasteiger partial charge in [0.05, 0.1) is 21.3 Å². The van der Waals surface area contributed by atoms with Crippen molar-refractivity contribution in [3.05, 3.63) is 27.7 Å². The van der Waals surface area contributed by atoms with Crippen LogP contribution in [0.5, 0.6) is 0 Å². The van der Waals surface area contributed by atoms with E-state index in [4.69, 9.17) is 28.3 Å². The van der Waals surface area contributed by atoms with Crippen molar-refractivity contribution in [1.29, 1.82) is 0 Å². The first-order chi connectivity index (χ1) is 7.45. The van der Waals surface area contributed by atoms with Crippen molar-refractivity contribution in [1.82, 2.24) is 0 Å². The number of halogens is 2. The highest BCUT2D eigenvalue weighted by Crippen LogP contribution is 2.31. The number of nitrogens with one attached hydrogen (secondary N) is 1. The van der Waals surface area contributed by atoms with E-state index in [9.17, 15) is 9.59 Å². The van der Waals surface area contributed by atoms with Crippen molar-refractivity contribution in [2.24, 2.45) is 0 Å². The number of hydrogen-bond acceptors (Lipinski definition) is 2. The molecular weight excluding hydrogens is 253 g/mol. The molecule has 0 aliphatic rings. The molecule has 0 fully saturated rings. The molecule has 0 spiro atoms. The molecule has 16 heavy (non-hydrogen) atoms. The Morgan fingerprint density at radius 3 is 2.19 bits per heavy atom. The Morgan fingerprint density at radius 1 is 1.31 bits per heavy atom. The summed E-state index contributed by atoms with van der Waals surface area (Å²) in [6.45, 7) is 1.68. The first-order valence-electron chi connectivity index (χ1n) is 4.48. The standard InChI is InChI=1S/C10H9Cl2NO3/c1-2-8(14)13-9-6(11)3-5(10(15)16)4-7(9)12/h3-4H,2H2,1H3,(H,13,14)(H,15,16). The maximum Gasteiger partial charge on any atom is 0.335 e. The molecule has 0 saturated heterocycles. The molecule has 0 aliphatic carbocycles. The van der Waals surface area contributed by atoms with E-state index < -0.39 is 5.97 Å². The fourth-order valence-electron chi connectivity index (χ4n) is 1.04. The normalized spacial score (nSPS) is 9.94. The van der Waals surface area contributed by atoms with Crippen molar-refractivity contribution in [2.75, 3.05) is 5.32 Å². The summed E-state index contributed by atoms with van der Waals surface area (Å²) in [5.41, 5.74) is 0.213.